The van der Waals surface area contributed by atoms with Crippen LogP contribution in [0.25, 0.3) is 10.2 Å². The Labute approximate surface area is 225 Å². The number of benzene rings is 3. The lowest BCUT2D eigenvalue weighted by molar-refractivity contribution is -0.114. The molecular formula is C27H28N4O5S2. The van der Waals surface area contributed by atoms with Crippen LogP contribution in [0.15, 0.2) is 82.7 Å². The summed E-state index contributed by atoms with van der Waals surface area (Å²) in [4.78, 5) is 29.4. The first kappa shape index (κ1) is 27.4. The van der Waals surface area contributed by atoms with E-state index in [1.807, 2.05) is 47.0 Å². The van der Waals surface area contributed by atoms with Crippen LogP contribution in [0.5, 0.6) is 0 Å². The van der Waals surface area contributed by atoms with Crippen LogP contribution in [0.4, 0.5) is 5.69 Å². The number of anilines is 1. The van der Waals surface area contributed by atoms with E-state index in [2.05, 4.69) is 10.3 Å². The normalized spacial score (nSPS) is 12.3. The fourth-order valence-corrected chi connectivity index (χ4v) is 6.12. The van der Waals surface area contributed by atoms with Gasteiger partial charge in [-0.25, -0.2) is 8.42 Å². The summed E-state index contributed by atoms with van der Waals surface area (Å²) in [5, 5.41) is 2.76. The van der Waals surface area contributed by atoms with Gasteiger partial charge in [0.25, 0.3) is 5.91 Å². The molecule has 0 unspecified atom stereocenters. The van der Waals surface area contributed by atoms with E-state index in [0.717, 1.165) is 15.8 Å². The van der Waals surface area contributed by atoms with Gasteiger partial charge in [0.1, 0.15) is 0 Å². The zero-order valence-electron chi connectivity index (χ0n) is 21.2. The number of thiazole rings is 1. The molecule has 3 aromatic carbocycles. The van der Waals surface area contributed by atoms with E-state index in [1.165, 1.54) is 53.9 Å². The van der Waals surface area contributed by atoms with Gasteiger partial charge in [0.15, 0.2) is 4.80 Å². The van der Waals surface area contributed by atoms with Gasteiger partial charge in [0.05, 0.1) is 21.7 Å². The molecule has 0 saturated heterocycles. The first-order valence-electron chi connectivity index (χ1n) is 11.8. The number of amides is 2. The van der Waals surface area contributed by atoms with Crippen molar-refractivity contribution >= 4 is 49.1 Å². The zero-order chi connectivity index (χ0) is 27.3. The first-order valence-corrected chi connectivity index (χ1v) is 14.0. The van der Waals surface area contributed by atoms with E-state index in [1.54, 1.807) is 13.2 Å². The minimum Gasteiger partial charge on any atom is -0.383 e. The third-order valence-electron chi connectivity index (χ3n) is 5.78. The quantitative estimate of drug-likeness (QED) is 0.339. The number of rotatable bonds is 9. The van der Waals surface area contributed by atoms with Crippen molar-refractivity contribution in [2.45, 2.75) is 24.9 Å². The number of fused-ring (bicyclic) bond motifs is 1. The Hall–Kier alpha value is -3.64. The van der Waals surface area contributed by atoms with Crippen molar-refractivity contribution in [1.29, 1.82) is 0 Å². The molecule has 0 spiro atoms. The predicted octanol–water partition coefficient (Wildman–Crippen LogP) is 3.87. The molecule has 11 heteroatoms. The summed E-state index contributed by atoms with van der Waals surface area (Å²) >= 11 is 1.32. The lowest BCUT2D eigenvalue weighted by Gasteiger charge is -2.17. The lowest BCUT2D eigenvalue weighted by Crippen LogP contribution is -2.26. The maximum Gasteiger partial charge on any atom is 0.279 e. The number of nitrogens with one attached hydrogen (secondary N) is 1. The summed E-state index contributed by atoms with van der Waals surface area (Å²) in [6.45, 7) is 2.57. The molecule has 1 N–H and O–H groups in total. The van der Waals surface area contributed by atoms with E-state index in [0.29, 0.717) is 23.6 Å². The van der Waals surface area contributed by atoms with Gasteiger partial charge in [-0.1, -0.05) is 41.7 Å². The van der Waals surface area contributed by atoms with E-state index in [4.69, 9.17) is 4.74 Å². The summed E-state index contributed by atoms with van der Waals surface area (Å²) in [7, 11) is -0.622. The Morgan fingerprint density at radius 1 is 1.05 bits per heavy atom. The molecule has 198 valence electrons. The number of carbonyl (C=O) groups is 2. The van der Waals surface area contributed by atoms with Gasteiger partial charge in [0, 0.05) is 45.4 Å². The Kier molecular flexibility index (Phi) is 8.52. The molecule has 2 amide bonds. The number of ether oxygens (including phenoxy) is 1. The fraction of sp³-hybridized carbons (Fsp3) is 0.222. The average Bonchev–Trinajstić information content (AvgIpc) is 3.23. The van der Waals surface area contributed by atoms with Crippen molar-refractivity contribution in [1.82, 2.24) is 8.87 Å². The van der Waals surface area contributed by atoms with E-state index in [9.17, 15) is 18.0 Å². The molecule has 0 aliphatic heterocycles. The number of methoxy groups -OCH3 is 1. The van der Waals surface area contributed by atoms with E-state index >= 15 is 0 Å². The van der Waals surface area contributed by atoms with Crippen LogP contribution in [0.2, 0.25) is 0 Å². The van der Waals surface area contributed by atoms with Gasteiger partial charge >= 0.3 is 0 Å². The molecule has 9 nitrogen and oxygen atoms in total. The molecule has 0 atom stereocenters. The predicted molar refractivity (Wildman–Crippen MR) is 147 cm³/mol. The second-order valence-electron chi connectivity index (χ2n) is 8.58. The number of aromatic nitrogens is 1. The van der Waals surface area contributed by atoms with Crippen LogP contribution >= 0.6 is 11.3 Å². The van der Waals surface area contributed by atoms with Crippen molar-refractivity contribution in [3.63, 3.8) is 0 Å². The molecule has 0 fully saturated rings. The summed E-state index contributed by atoms with van der Waals surface area (Å²) in [6, 6.07) is 20.6. The van der Waals surface area contributed by atoms with Crippen molar-refractivity contribution in [2.75, 3.05) is 26.1 Å². The summed E-state index contributed by atoms with van der Waals surface area (Å²) < 4.78 is 35.3. The van der Waals surface area contributed by atoms with Crippen LogP contribution in [-0.4, -0.2) is 49.9 Å². The van der Waals surface area contributed by atoms with Crippen LogP contribution in [0.1, 0.15) is 22.8 Å². The smallest absolute Gasteiger partial charge is 0.279 e. The molecule has 38 heavy (non-hydrogen) atoms. The second kappa shape index (κ2) is 11.8. The largest absolute Gasteiger partial charge is 0.383 e. The van der Waals surface area contributed by atoms with Crippen molar-refractivity contribution in [2.24, 2.45) is 4.99 Å². The minimum absolute atomic E-state index is 0.0926. The molecule has 1 heterocycles. The zero-order valence-corrected chi connectivity index (χ0v) is 22.9. The van der Waals surface area contributed by atoms with Gasteiger partial charge in [-0.2, -0.15) is 9.30 Å². The molecule has 1 aromatic heterocycles. The van der Waals surface area contributed by atoms with Crippen molar-refractivity contribution in [3.05, 3.63) is 88.7 Å². The maximum absolute atomic E-state index is 13.0. The summed E-state index contributed by atoms with van der Waals surface area (Å²) in [5.41, 5.74) is 2.65. The van der Waals surface area contributed by atoms with Crippen molar-refractivity contribution < 1.29 is 22.7 Å². The first-order chi connectivity index (χ1) is 18.2. The molecular weight excluding hydrogens is 524 g/mol. The molecule has 0 radical (unpaired) electrons. The highest BCUT2D eigenvalue weighted by atomic mass is 32.2. The highest BCUT2D eigenvalue weighted by Crippen LogP contribution is 2.23. The molecule has 4 aromatic rings. The van der Waals surface area contributed by atoms with E-state index < -0.39 is 15.9 Å². The van der Waals surface area contributed by atoms with Crippen LogP contribution in [-0.2, 0) is 32.6 Å². The van der Waals surface area contributed by atoms with Gasteiger partial charge in [-0.3, -0.25) is 9.59 Å². The Morgan fingerprint density at radius 2 is 1.76 bits per heavy atom. The Bertz CT molecular complexity index is 1630. The molecule has 0 saturated carbocycles. The lowest BCUT2D eigenvalue weighted by atomic mass is 10.2. The third kappa shape index (κ3) is 6.25. The maximum atomic E-state index is 13.0. The number of hydrogen-bond donors (Lipinski definition) is 1. The standard InChI is InChI=1S/C27H28N4O5S2/c1-19(32)28-22-11-14-24-25(17-22)37-27(31(24)15-16-36-3)29-26(33)21-9-12-23(13-10-21)38(34,35)30(2)18-20-7-5-4-6-8-20/h4-14,17H,15-16,18H2,1-3H3,(H,28,32). The summed E-state index contributed by atoms with van der Waals surface area (Å²) in [6.07, 6.45) is 0. The van der Waals surface area contributed by atoms with Crippen LogP contribution in [0.3, 0.4) is 0 Å². The van der Waals surface area contributed by atoms with Gasteiger partial charge in [-0.05, 0) is 48.0 Å². The minimum atomic E-state index is -3.74. The Morgan fingerprint density at radius 3 is 2.42 bits per heavy atom. The highest BCUT2D eigenvalue weighted by Gasteiger charge is 2.21. The summed E-state index contributed by atoms with van der Waals surface area (Å²) in [5.74, 6) is -0.670. The van der Waals surface area contributed by atoms with E-state index in [-0.39, 0.29) is 22.9 Å². The van der Waals surface area contributed by atoms with Crippen molar-refractivity contribution in [3.8, 4) is 0 Å². The van der Waals surface area contributed by atoms with Crippen LogP contribution < -0.4 is 10.1 Å². The monoisotopic (exact) mass is 552 g/mol. The number of sulfonamides is 1. The van der Waals surface area contributed by atoms with Crippen LogP contribution in [0, 0.1) is 0 Å². The SMILES string of the molecule is COCCn1c(=NC(=O)c2ccc(S(=O)(=O)N(C)Cc3ccccc3)cc2)sc2cc(NC(C)=O)ccc21. The molecule has 0 aliphatic rings. The number of nitrogens with zero attached hydrogens (tertiary/aromatic N) is 3. The number of carbonyl (C=O) groups excluding carboxylic acids is 2. The van der Waals surface area contributed by atoms with Gasteiger partial charge in [0.2, 0.25) is 15.9 Å². The molecule has 0 aliphatic carbocycles. The Balaban J connectivity index is 1.61. The fourth-order valence-electron chi connectivity index (χ4n) is 3.86. The topological polar surface area (TPSA) is 110 Å². The van der Waals surface area contributed by atoms with Gasteiger partial charge < -0.3 is 14.6 Å². The molecule has 0 bridgehead atoms. The highest BCUT2D eigenvalue weighted by molar-refractivity contribution is 7.89. The van der Waals surface area contributed by atoms with Gasteiger partial charge in [-0.15, -0.1) is 0 Å². The number of hydrogen-bond acceptors (Lipinski definition) is 6. The molecule has 4 rings (SSSR count). The second-order valence-corrected chi connectivity index (χ2v) is 11.6. The average molecular weight is 553 g/mol. The third-order valence-corrected chi connectivity index (χ3v) is 8.64.